The number of rotatable bonds is 8. The molecule has 14 heteroatoms. The minimum atomic E-state index is -0.982. The van der Waals surface area contributed by atoms with Gasteiger partial charge >= 0.3 is 0 Å². The molecule has 1 aromatic carbocycles. The van der Waals surface area contributed by atoms with Gasteiger partial charge in [0.1, 0.15) is 18.3 Å². The summed E-state index contributed by atoms with van der Waals surface area (Å²) in [6.45, 7) is 0.169. The maximum atomic E-state index is 11.1. The van der Waals surface area contributed by atoms with Crippen LogP contribution >= 0.6 is 37.9 Å². The van der Waals surface area contributed by atoms with Crippen LogP contribution in [0, 0.1) is 10.1 Å². The van der Waals surface area contributed by atoms with E-state index in [-0.39, 0.29) is 23.7 Å². The van der Waals surface area contributed by atoms with Crippen molar-refractivity contribution < 1.29 is 32.5 Å². The summed E-state index contributed by atoms with van der Waals surface area (Å²) in [7, 11) is 8.54. The van der Waals surface area contributed by atoms with E-state index in [9.17, 15) is 10.1 Å². The van der Waals surface area contributed by atoms with E-state index in [1.165, 1.54) is 18.2 Å². The van der Waals surface area contributed by atoms with Crippen LogP contribution in [-0.4, -0.2) is 42.2 Å². The van der Waals surface area contributed by atoms with Crippen molar-refractivity contribution in [3.63, 3.8) is 0 Å². The van der Waals surface area contributed by atoms with Gasteiger partial charge in [0.15, 0.2) is 17.5 Å². The highest BCUT2D eigenvalue weighted by atomic mass is 31.0. The molecule has 1 saturated heterocycles. The predicted molar refractivity (Wildman–Crippen MR) is 106 cm³/mol. The molecule has 0 spiro atoms. The van der Waals surface area contributed by atoms with Gasteiger partial charge in [-0.2, -0.15) is 0 Å². The lowest BCUT2D eigenvalue weighted by Gasteiger charge is -2.43. The minimum Gasteiger partial charge on any atom is -0.460 e. The predicted octanol–water partition coefficient (Wildman–Crippen LogP) is 1.61. The van der Waals surface area contributed by atoms with Crippen molar-refractivity contribution in [2.75, 3.05) is 12.3 Å². The Labute approximate surface area is 159 Å². The van der Waals surface area contributed by atoms with Gasteiger partial charge in [-0.15, -0.1) is 0 Å². The maximum Gasteiger partial charge on any atom is 0.295 e. The summed E-state index contributed by atoms with van der Waals surface area (Å²) in [5, 5.41) is 11.1. The second-order valence-corrected chi connectivity index (χ2v) is 6.39. The molecule has 0 aromatic heterocycles. The number of nitrogens with zero attached hydrogens (tertiary/aromatic N) is 1. The first-order valence-electron chi connectivity index (χ1n) is 7.21. The number of anilines is 1. The molecule has 1 fully saturated rings. The molecule has 0 radical (unpaired) electrons. The smallest absolute Gasteiger partial charge is 0.295 e. The van der Waals surface area contributed by atoms with E-state index in [0.717, 1.165) is 0 Å². The first-order chi connectivity index (χ1) is 12.5. The Morgan fingerprint density at radius 1 is 1.12 bits per heavy atom. The summed E-state index contributed by atoms with van der Waals surface area (Å²) in [6, 6.07) is 4.25. The average Bonchev–Trinajstić information content (AvgIpc) is 2.62. The highest BCUT2D eigenvalue weighted by Gasteiger charge is 2.48. The van der Waals surface area contributed by atoms with E-state index in [4.69, 9.17) is 33.3 Å². The first-order valence-corrected chi connectivity index (χ1v) is 9.10. The molecule has 2 rings (SSSR count). The van der Waals surface area contributed by atoms with Crippen LogP contribution < -0.4 is 10.5 Å². The Morgan fingerprint density at radius 3 is 2.31 bits per heavy atom. The molecule has 26 heavy (non-hydrogen) atoms. The molecule has 146 valence electrons. The molecule has 9 atom stereocenters. The van der Waals surface area contributed by atoms with Crippen LogP contribution in [0.1, 0.15) is 0 Å². The monoisotopic (exact) mass is 444 g/mol. The zero-order chi connectivity index (χ0) is 19.3. The number of benzene rings is 1. The summed E-state index contributed by atoms with van der Waals surface area (Å²) in [5.41, 5.74) is 5.46. The third-order valence-electron chi connectivity index (χ3n) is 3.81. The van der Waals surface area contributed by atoms with Crippen LogP contribution in [0.15, 0.2) is 18.2 Å². The van der Waals surface area contributed by atoms with E-state index in [1.807, 2.05) is 0 Å². The molecular formula is C12H20N2O8P4. The van der Waals surface area contributed by atoms with Crippen molar-refractivity contribution in [1.29, 1.82) is 0 Å². The van der Waals surface area contributed by atoms with Crippen molar-refractivity contribution in [2.45, 2.75) is 30.7 Å². The quantitative estimate of drug-likeness (QED) is 0.276. The second-order valence-electron chi connectivity index (χ2n) is 5.24. The van der Waals surface area contributed by atoms with E-state index >= 15 is 0 Å². The number of hydrogen-bond acceptors (Lipinski definition) is 9. The summed E-state index contributed by atoms with van der Waals surface area (Å²) < 4.78 is 32.9. The lowest BCUT2D eigenvalue weighted by Crippen LogP contribution is -2.60. The van der Waals surface area contributed by atoms with Crippen LogP contribution in [0.5, 0.6) is 5.75 Å². The van der Waals surface area contributed by atoms with Crippen molar-refractivity contribution in [3.05, 3.63) is 28.3 Å². The zero-order valence-corrected chi connectivity index (χ0v) is 18.0. The Bertz CT molecular complexity index is 627. The largest absolute Gasteiger partial charge is 0.460 e. The molecule has 5 unspecified atom stereocenters. The molecule has 1 aliphatic rings. The molecule has 0 bridgehead atoms. The molecule has 1 heterocycles. The number of hydrogen-bond donors (Lipinski definition) is 1. The minimum absolute atomic E-state index is 0.0922. The van der Waals surface area contributed by atoms with Gasteiger partial charge in [-0.05, 0) is 6.07 Å². The molecule has 0 aliphatic carbocycles. The fraction of sp³-hybridized carbons (Fsp3) is 0.500. The van der Waals surface area contributed by atoms with Crippen LogP contribution in [0.4, 0.5) is 11.4 Å². The van der Waals surface area contributed by atoms with Gasteiger partial charge in [0.05, 0.1) is 11.5 Å². The lowest BCUT2D eigenvalue weighted by atomic mass is 9.99. The molecule has 2 N–H and O–H groups in total. The first kappa shape index (κ1) is 22.0. The van der Waals surface area contributed by atoms with E-state index in [1.54, 1.807) is 0 Å². The lowest BCUT2D eigenvalue weighted by molar-refractivity contribution is -0.384. The van der Waals surface area contributed by atoms with Gasteiger partial charge in [-0.25, -0.2) is 0 Å². The third-order valence-corrected chi connectivity index (χ3v) is 4.94. The Morgan fingerprint density at radius 2 is 1.77 bits per heavy atom. The summed E-state index contributed by atoms with van der Waals surface area (Å²) >= 11 is 0. The van der Waals surface area contributed by atoms with E-state index in [0.29, 0.717) is 0 Å². The number of nitrogens with two attached hydrogens (primary N) is 1. The van der Waals surface area contributed by atoms with Crippen molar-refractivity contribution >= 4 is 49.2 Å². The highest BCUT2D eigenvalue weighted by Crippen LogP contribution is 2.36. The van der Waals surface area contributed by atoms with Crippen LogP contribution in [-0.2, 0) is 22.8 Å². The summed E-state index contributed by atoms with van der Waals surface area (Å²) in [4.78, 5) is 10.5. The van der Waals surface area contributed by atoms with Crippen LogP contribution in [0.2, 0.25) is 0 Å². The Hall–Kier alpha value is -0.260. The number of nitro groups is 1. The van der Waals surface area contributed by atoms with Crippen molar-refractivity contribution in [1.82, 2.24) is 0 Å². The number of ether oxygens (including phenoxy) is 2. The topological polar surface area (TPSA) is 125 Å². The molecule has 10 nitrogen and oxygen atoms in total. The molecule has 0 amide bonds. The number of para-hydroxylation sites is 1. The molecule has 0 saturated carbocycles. The number of nitrogen functional groups attached to an aromatic ring is 1. The van der Waals surface area contributed by atoms with Gasteiger partial charge in [0, 0.05) is 43.9 Å². The number of nitro benzene ring substituents is 1. The SMILES string of the molecule is Nc1c(O[C@@H]2O[C@H](COP)C(OP)[C@H](OP)[C@H]2OP)cccc1[N+](=O)[O-]. The fourth-order valence-corrected chi connectivity index (χ4v) is 3.70. The molecular weight excluding hydrogens is 424 g/mol. The normalized spacial score (nSPS) is 28.7. The van der Waals surface area contributed by atoms with Gasteiger partial charge in [-0.1, -0.05) is 6.07 Å². The van der Waals surface area contributed by atoms with Gasteiger partial charge in [0.2, 0.25) is 6.29 Å². The van der Waals surface area contributed by atoms with Gasteiger partial charge < -0.3 is 33.3 Å². The standard InChI is InChI=1S/C12H20N2O8P4/c13-8-5(14(15)16)2-1-3-6(8)18-12-11(22-26)10(21-25)9(20-24)7(19-12)4-17-23/h1-3,7,9-12H,4,13,23-26H2/t7-,9?,10+,11-,12-/m1/s1. The van der Waals surface area contributed by atoms with E-state index in [2.05, 4.69) is 37.9 Å². The average molecular weight is 444 g/mol. The van der Waals surface area contributed by atoms with Gasteiger partial charge in [0.25, 0.3) is 5.69 Å². The summed E-state index contributed by atoms with van der Waals surface area (Å²) in [5.74, 6) is 0.0922. The van der Waals surface area contributed by atoms with Crippen molar-refractivity contribution in [3.8, 4) is 5.75 Å². The fourth-order valence-electron chi connectivity index (χ4n) is 2.59. The second kappa shape index (κ2) is 10.3. The molecule has 1 aromatic rings. The Balaban J connectivity index is 2.31. The zero-order valence-electron chi connectivity index (χ0n) is 13.4. The maximum absolute atomic E-state index is 11.1. The van der Waals surface area contributed by atoms with Gasteiger partial charge in [-0.3, -0.25) is 10.1 Å². The third kappa shape index (κ3) is 4.77. The molecule has 1 aliphatic heterocycles. The van der Waals surface area contributed by atoms with Crippen molar-refractivity contribution in [2.24, 2.45) is 0 Å². The van der Waals surface area contributed by atoms with E-state index < -0.39 is 35.6 Å². The van der Waals surface area contributed by atoms with Crippen LogP contribution in [0.25, 0.3) is 0 Å². The summed E-state index contributed by atoms with van der Waals surface area (Å²) in [6.07, 6.45) is -3.41. The highest BCUT2D eigenvalue weighted by molar-refractivity contribution is 7.10. The van der Waals surface area contributed by atoms with Crippen LogP contribution in [0.3, 0.4) is 0 Å². The Kier molecular flexibility index (Phi) is 8.75.